The highest BCUT2D eigenvalue weighted by Gasteiger charge is 2.45. The molecule has 108 valence electrons. The van der Waals surface area contributed by atoms with Crippen LogP contribution in [-0.4, -0.2) is 0 Å². The van der Waals surface area contributed by atoms with Gasteiger partial charge in [0, 0.05) is 5.69 Å². The van der Waals surface area contributed by atoms with Crippen molar-refractivity contribution in [3.63, 3.8) is 0 Å². The predicted molar refractivity (Wildman–Crippen MR) is 59.6 cm³/mol. The molecule has 0 fully saturated rings. The molecule has 1 atom stereocenters. The van der Waals surface area contributed by atoms with E-state index >= 15 is 0 Å². The summed E-state index contributed by atoms with van der Waals surface area (Å²) >= 11 is 0. The molecule has 0 spiro atoms. The fourth-order valence-electron chi connectivity index (χ4n) is 1.84. The highest BCUT2D eigenvalue weighted by molar-refractivity contribution is 5.53. The zero-order valence-corrected chi connectivity index (χ0v) is 10.3. The number of nitrogen functional groups attached to an aromatic ring is 1. The maximum atomic E-state index is 12.9. The zero-order chi connectivity index (χ0) is 15.0. The quantitative estimate of drug-likeness (QED) is 0.612. The summed E-state index contributed by atoms with van der Waals surface area (Å²) in [6.45, 7) is 3.03. The van der Waals surface area contributed by atoms with Gasteiger partial charge >= 0.3 is 12.4 Å². The van der Waals surface area contributed by atoms with E-state index in [0.29, 0.717) is 6.07 Å². The van der Waals surface area contributed by atoms with Gasteiger partial charge in [-0.05, 0) is 30.0 Å². The second kappa shape index (κ2) is 4.94. The minimum atomic E-state index is -5.09. The Morgan fingerprint density at radius 1 is 1.05 bits per heavy atom. The van der Waals surface area contributed by atoms with E-state index in [2.05, 4.69) is 0 Å². The van der Waals surface area contributed by atoms with Gasteiger partial charge in [-0.15, -0.1) is 0 Å². The molecule has 0 amide bonds. The van der Waals surface area contributed by atoms with Crippen molar-refractivity contribution in [2.24, 2.45) is 0 Å². The second-order valence-electron chi connectivity index (χ2n) is 4.34. The SMILES string of the molecule is CCC(C)c1cc(N)cc(C(F)(F)F)c1C(F)(F)F. The van der Waals surface area contributed by atoms with Gasteiger partial charge in [0.2, 0.25) is 0 Å². The number of anilines is 1. The smallest absolute Gasteiger partial charge is 0.399 e. The third-order valence-corrected chi connectivity index (χ3v) is 2.92. The number of hydrogen-bond acceptors (Lipinski definition) is 1. The summed E-state index contributed by atoms with van der Waals surface area (Å²) in [5.74, 6) is -0.666. The molecule has 0 radical (unpaired) electrons. The Hall–Kier alpha value is -1.40. The summed E-state index contributed by atoms with van der Waals surface area (Å²) < 4.78 is 77.0. The van der Waals surface area contributed by atoms with Crippen LogP contribution >= 0.6 is 0 Å². The van der Waals surface area contributed by atoms with Gasteiger partial charge in [-0.1, -0.05) is 13.8 Å². The maximum Gasteiger partial charge on any atom is 0.417 e. The highest BCUT2D eigenvalue weighted by atomic mass is 19.4. The van der Waals surface area contributed by atoms with Crippen molar-refractivity contribution < 1.29 is 26.3 Å². The van der Waals surface area contributed by atoms with Gasteiger partial charge < -0.3 is 5.73 Å². The number of halogens is 6. The molecule has 0 aliphatic heterocycles. The van der Waals surface area contributed by atoms with E-state index in [1.807, 2.05) is 0 Å². The molecule has 1 aromatic carbocycles. The standard InChI is InChI=1S/C12H13F6N/c1-3-6(2)8-4-7(19)5-9(11(13,14)15)10(8)12(16,17)18/h4-6H,3,19H2,1-2H3. The molecule has 1 unspecified atom stereocenters. The topological polar surface area (TPSA) is 26.0 Å². The first-order valence-electron chi connectivity index (χ1n) is 5.56. The van der Waals surface area contributed by atoms with E-state index in [0.717, 1.165) is 6.07 Å². The molecule has 0 aromatic heterocycles. The van der Waals surface area contributed by atoms with Crippen LogP contribution < -0.4 is 5.73 Å². The molecular weight excluding hydrogens is 272 g/mol. The van der Waals surface area contributed by atoms with Crippen LogP contribution in [-0.2, 0) is 12.4 Å². The van der Waals surface area contributed by atoms with Crippen molar-refractivity contribution in [1.29, 1.82) is 0 Å². The minimum absolute atomic E-state index is 0.282. The van der Waals surface area contributed by atoms with E-state index in [1.165, 1.54) is 6.92 Å². The van der Waals surface area contributed by atoms with Crippen molar-refractivity contribution >= 4 is 5.69 Å². The fourth-order valence-corrected chi connectivity index (χ4v) is 1.84. The van der Waals surface area contributed by atoms with Gasteiger partial charge in [-0.2, -0.15) is 26.3 Å². The van der Waals surface area contributed by atoms with Gasteiger partial charge in [-0.3, -0.25) is 0 Å². The lowest BCUT2D eigenvalue weighted by molar-refractivity contribution is -0.162. The van der Waals surface area contributed by atoms with Crippen molar-refractivity contribution in [3.8, 4) is 0 Å². The molecule has 1 aromatic rings. The first-order valence-corrected chi connectivity index (χ1v) is 5.56. The number of hydrogen-bond donors (Lipinski definition) is 1. The number of nitrogens with two attached hydrogens (primary N) is 1. The maximum absolute atomic E-state index is 12.9. The van der Waals surface area contributed by atoms with E-state index in [4.69, 9.17) is 5.73 Å². The molecule has 0 heterocycles. The van der Waals surface area contributed by atoms with Crippen LogP contribution in [0.4, 0.5) is 32.0 Å². The zero-order valence-electron chi connectivity index (χ0n) is 10.3. The van der Waals surface area contributed by atoms with Gasteiger partial charge in [0.25, 0.3) is 0 Å². The largest absolute Gasteiger partial charge is 0.417 e. The summed E-state index contributed by atoms with van der Waals surface area (Å²) in [7, 11) is 0. The Morgan fingerprint density at radius 2 is 1.58 bits per heavy atom. The summed E-state index contributed by atoms with van der Waals surface area (Å²) in [6, 6.07) is 1.29. The molecule has 2 N–H and O–H groups in total. The lowest BCUT2D eigenvalue weighted by atomic mass is 9.89. The van der Waals surface area contributed by atoms with Crippen LogP contribution in [0.2, 0.25) is 0 Å². The molecule has 7 heteroatoms. The van der Waals surface area contributed by atoms with Gasteiger partial charge in [0.15, 0.2) is 0 Å². The van der Waals surface area contributed by atoms with Crippen molar-refractivity contribution in [3.05, 3.63) is 28.8 Å². The van der Waals surface area contributed by atoms with Crippen LogP contribution in [0.25, 0.3) is 0 Å². The predicted octanol–water partition coefficient (Wildman–Crippen LogP) is 4.82. The molecular formula is C12H13F6N. The summed E-state index contributed by atoms with van der Waals surface area (Å²) in [5, 5.41) is 0. The molecule has 0 aliphatic carbocycles. The lowest BCUT2D eigenvalue weighted by Gasteiger charge is -2.22. The monoisotopic (exact) mass is 285 g/mol. The summed E-state index contributed by atoms with van der Waals surface area (Å²) in [4.78, 5) is 0. The number of alkyl halides is 6. The Kier molecular flexibility index (Phi) is 4.07. The normalized spacial score (nSPS) is 14.5. The molecule has 0 saturated heterocycles. The van der Waals surface area contributed by atoms with Crippen LogP contribution in [0.1, 0.15) is 42.9 Å². The average Bonchev–Trinajstić information content (AvgIpc) is 2.23. The van der Waals surface area contributed by atoms with Crippen LogP contribution in [0.3, 0.4) is 0 Å². The Bertz CT molecular complexity index is 461. The first kappa shape index (κ1) is 15.7. The average molecular weight is 285 g/mol. The Labute approximate surface area is 106 Å². The number of rotatable bonds is 2. The summed E-state index contributed by atoms with van der Waals surface area (Å²) in [5.41, 5.74) is 1.19. The molecule has 1 nitrogen and oxygen atoms in total. The van der Waals surface area contributed by atoms with Crippen LogP contribution in [0.5, 0.6) is 0 Å². The second-order valence-corrected chi connectivity index (χ2v) is 4.34. The third-order valence-electron chi connectivity index (χ3n) is 2.92. The fraction of sp³-hybridized carbons (Fsp3) is 0.500. The van der Waals surface area contributed by atoms with E-state index in [-0.39, 0.29) is 12.1 Å². The Morgan fingerprint density at radius 3 is 1.95 bits per heavy atom. The number of benzene rings is 1. The van der Waals surface area contributed by atoms with Crippen LogP contribution in [0, 0.1) is 0 Å². The van der Waals surface area contributed by atoms with Crippen molar-refractivity contribution in [2.45, 2.75) is 38.5 Å². The lowest BCUT2D eigenvalue weighted by Crippen LogP contribution is -2.20. The third kappa shape index (κ3) is 3.33. The molecule has 19 heavy (non-hydrogen) atoms. The molecule has 0 aliphatic rings. The van der Waals surface area contributed by atoms with Crippen LogP contribution in [0.15, 0.2) is 12.1 Å². The molecule has 1 rings (SSSR count). The van der Waals surface area contributed by atoms with Crippen molar-refractivity contribution in [1.82, 2.24) is 0 Å². The van der Waals surface area contributed by atoms with Gasteiger partial charge in [0.1, 0.15) is 0 Å². The van der Waals surface area contributed by atoms with E-state index in [9.17, 15) is 26.3 Å². The summed E-state index contributed by atoms with van der Waals surface area (Å²) in [6.07, 6.45) is -9.89. The van der Waals surface area contributed by atoms with Gasteiger partial charge in [0.05, 0.1) is 11.1 Å². The first-order chi connectivity index (χ1) is 8.48. The molecule has 0 saturated carbocycles. The van der Waals surface area contributed by atoms with Gasteiger partial charge in [-0.25, -0.2) is 0 Å². The van der Waals surface area contributed by atoms with E-state index in [1.54, 1.807) is 6.92 Å². The van der Waals surface area contributed by atoms with Crippen molar-refractivity contribution in [2.75, 3.05) is 5.73 Å². The van der Waals surface area contributed by atoms with E-state index < -0.39 is 35.0 Å². The molecule has 0 bridgehead atoms. The minimum Gasteiger partial charge on any atom is -0.399 e. The Balaban J connectivity index is 3.69. The highest BCUT2D eigenvalue weighted by Crippen LogP contribution is 2.45.